The number of hydrogen-bond acceptors (Lipinski definition) is 0. The fourth-order valence-corrected chi connectivity index (χ4v) is 11.0. The van der Waals surface area contributed by atoms with Crippen molar-refractivity contribution in [1.82, 2.24) is 0 Å². The molecule has 0 aliphatic heterocycles. The summed E-state index contributed by atoms with van der Waals surface area (Å²) in [6, 6.07) is 10.9. The Kier molecular flexibility index (Phi) is 7.21. The van der Waals surface area contributed by atoms with Gasteiger partial charge in [0.05, 0.1) is 4.62 Å². The first-order chi connectivity index (χ1) is 11.8. The Morgan fingerprint density at radius 3 is 2.00 bits per heavy atom. The monoisotopic (exact) mass is 462 g/mol. The minimum atomic E-state index is -0.0845. The number of alkyl halides is 1. The molecule has 3 aliphatic rings. The van der Waals surface area contributed by atoms with Crippen LogP contribution >= 0.6 is 19.5 Å². The van der Waals surface area contributed by atoms with Crippen molar-refractivity contribution in [2.24, 2.45) is 0 Å². The zero-order valence-corrected chi connectivity index (χ0v) is 18.5. The number of benzene rings is 1. The average Bonchev–Trinajstić information content (AvgIpc) is 3.34. The number of halogens is 1. The predicted octanol–water partition coefficient (Wildman–Crippen LogP) is 7.55. The van der Waals surface area contributed by atoms with Crippen molar-refractivity contribution in [2.75, 3.05) is 0 Å². The molecule has 4 rings (SSSR count). The van der Waals surface area contributed by atoms with Crippen molar-refractivity contribution in [3.05, 3.63) is 41.5 Å². The summed E-state index contributed by atoms with van der Waals surface area (Å²) in [6.45, 7) is 0. The van der Waals surface area contributed by atoms with Crippen molar-refractivity contribution in [3.63, 3.8) is 0 Å². The summed E-state index contributed by atoms with van der Waals surface area (Å²) < 4.78 is 0.00912. The Balaban J connectivity index is 0.00000182. The molecule has 1 aromatic carbocycles. The van der Waals surface area contributed by atoms with Crippen LogP contribution in [0.15, 0.2) is 35.9 Å². The SMILES string of the molecule is ClC1(P(C2CCCC2)C2CCCC2)CCCC1=Cc1ccccc1.[Ru]. The van der Waals surface area contributed by atoms with Gasteiger partial charge in [-0.2, -0.15) is 0 Å². The van der Waals surface area contributed by atoms with Crippen LogP contribution in [-0.2, 0) is 19.5 Å². The van der Waals surface area contributed by atoms with Gasteiger partial charge in [-0.05, 0) is 67.4 Å². The van der Waals surface area contributed by atoms with Gasteiger partial charge in [0.2, 0.25) is 0 Å². The Morgan fingerprint density at radius 2 is 1.44 bits per heavy atom. The molecule has 0 bridgehead atoms. The van der Waals surface area contributed by atoms with E-state index in [4.69, 9.17) is 11.6 Å². The third-order valence-corrected chi connectivity index (χ3v) is 11.4. The maximum atomic E-state index is 7.57. The third-order valence-electron chi connectivity index (χ3n) is 6.43. The van der Waals surface area contributed by atoms with Gasteiger partial charge in [-0.3, -0.25) is 0 Å². The van der Waals surface area contributed by atoms with E-state index >= 15 is 0 Å². The molecule has 3 saturated carbocycles. The summed E-state index contributed by atoms with van der Waals surface area (Å²) in [4.78, 5) is 0. The summed E-state index contributed by atoms with van der Waals surface area (Å²) in [5.41, 5.74) is 4.79. The van der Waals surface area contributed by atoms with Crippen molar-refractivity contribution in [3.8, 4) is 0 Å². The van der Waals surface area contributed by atoms with Crippen molar-refractivity contribution < 1.29 is 19.5 Å². The maximum Gasteiger partial charge on any atom is 0.0855 e. The van der Waals surface area contributed by atoms with E-state index < -0.39 is 0 Å². The van der Waals surface area contributed by atoms with E-state index in [0.29, 0.717) is 0 Å². The van der Waals surface area contributed by atoms with Gasteiger partial charge in [0.1, 0.15) is 0 Å². The first-order valence-electron chi connectivity index (χ1n) is 10.0. The van der Waals surface area contributed by atoms with Crippen molar-refractivity contribution >= 4 is 25.6 Å². The third kappa shape index (κ3) is 4.25. The molecule has 25 heavy (non-hydrogen) atoms. The summed E-state index contributed by atoms with van der Waals surface area (Å²) in [6.07, 6.45) is 17.8. The quantitative estimate of drug-likeness (QED) is 0.246. The van der Waals surface area contributed by atoms with E-state index in [1.165, 1.54) is 76.2 Å². The fraction of sp³-hybridized carbons (Fsp3) is 0.636. The van der Waals surface area contributed by atoms with E-state index in [1.54, 1.807) is 5.57 Å². The molecule has 0 N–H and O–H groups in total. The van der Waals surface area contributed by atoms with Gasteiger partial charge >= 0.3 is 0 Å². The van der Waals surface area contributed by atoms with Gasteiger partial charge in [-0.1, -0.05) is 70.0 Å². The summed E-state index contributed by atoms with van der Waals surface area (Å²) in [5.74, 6) is 0. The van der Waals surface area contributed by atoms with Crippen LogP contribution in [0, 0.1) is 0 Å². The molecule has 3 aliphatic carbocycles. The molecule has 138 valence electrons. The van der Waals surface area contributed by atoms with Gasteiger partial charge in [0.15, 0.2) is 0 Å². The Labute approximate surface area is 172 Å². The standard InChI is InChI=1S/C22H30ClP.Ru/c23-22(16-8-11-19(22)17-18-9-2-1-3-10-18)24(20-12-4-5-13-20)21-14-6-7-15-21;/h1-3,9-10,17,20-21H,4-8,11-16H2;. The van der Waals surface area contributed by atoms with Crippen LogP contribution < -0.4 is 0 Å². The van der Waals surface area contributed by atoms with Crippen LogP contribution in [-0.4, -0.2) is 15.9 Å². The first-order valence-corrected chi connectivity index (χ1v) is 11.9. The molecule has 1 atom stereocenters. The molecular formula is C22H30ClPRu. The van der Waals surface area contributed by atoms with Crippen LogP contribution in [0.5, 0.6) is 0 Å². The van der Waals surface area contributed by atoms with Crippen molar-refractivity contribution in [2.45, 2.75) is 86.6 Å². The molecule has 1 unspecified atom stereocenters. The Morgan fingerprint density at radius 1 is 0.880 bits per heavy atom. The molecule has 0 aromatic heterocycles. The average molecular weight is 462 g/mol. The molecule has 3 heteroatoms. The minimum Gasteiger partial charge on any atom is -0.109 e. The molecule has 0 heterocycles. The molecule has 0 radical (unpaired) electrons. The summed E-state index contributed by atoms with van der Waals surface area (Å²) >= 11 is 7.57. The van der Waals surface area contributed by atoms with E-state index in [9.17, 15) is 0 Å². The number of allylic oxidation sites excluding steroid dienone is 1. The fourth-order valence-electron chi connectivity index (χ4n) is 5.34. The molecule has 0 nitrogen and oxygen atoms in total. The topological polar surface area (TPSA) is 0 Å². The second kappa shape index (κ2) is 9.00. The second-order valence-electron chi connectivity index (χ2n) is 7.98. The van der Waals surface area contributed by atoms with Gasteiger partial charge in [-0.15, -0.1) is 11.6 Å². The number of hydrogen-bond donors (Lipinski definition) is 0. The second-order valence-corrected chi connectivity index (χ2v) is 11.9. The Bertz CT molecular complexity index is 559. The molecule has 0 spiro atoms. The Hall–Kier alpha value is 0.303. The zero-order chi connectivity index (χ0) is 16.4. The summed E-state index contributed by atoms with van der Waals surface area (Å²) in [7, 11) is -0.0845. The van der Waals surface area contributed by atoms with Gasteiger partial charge < -0.3 is 0 Å². The van der Waals surface area contributed by atoms with Gasteiger partial charge in [0.25, 0.3) is 0 Å². The van der Waals surface area contributed by atoms with Crippen LogP contribution in [0.4, 0.5) is 0 Å². The molecule has 1 aromatic rings. The normalized spacial score (nSPS) is 29.6. The molecule has 3 fully saturated rings. The molecule has 0 saturated heterocycles. The van der Waals surface area contributed by atoms with Crippen LogP contribution in [0.2, 0.25) is 0 Å². The van der Waals surface area contributed by atoms with Gasteiger partial charge in [-0.25, -0.2) is 0 Å². The van der Waals surface area contributed by atoms with E-state index in [2.05, 4.69) is 36.4 Å². The predicted molar refractivity (Wildman–Crippen MR) is 108 cm³/mol. The smallest absolute Gasteiger partial charge is 0.0855 e. The number of rotatable bonds is 4. The van der Waals surface area contributed by atoms with Crippen molar-refractivity contribution in [1.29, 1.82) is 0 Å². The van der Waals surface area contributed by atoms with E-state index in [1.807, 2.05) is 0 Å². The molecular weight excluding hydrogens is 432 g/mol. The van der Waals surface area contributed by atoms with Crippen LogP contribution in [0.3, 0.4) is 0 Å². The van der Waals surface area contributed by atoms with E-state index in [-0.39, 0.29) is 32.0 Å². The van der Waals surface area contributed by atoms with Crippen LogP contribution in [0.1, 0.15) is 76.2 Å². The largest absolute Gasteiger partial charge is 0.109 e. The van der Waals surface area contributed by atoms with Gasteiger partial charge in [0, 0.05) is 19.5 Å². The maximum absolute atomic E-state index is 7.57. The zero-order valence-electron chi connectivity index (χ0n) is 15.1. The first kappa shape index (κ1) is 20.0. The minimum absolute atomic E-state index is 0. The van der Waals surface area contributed by atoms with E-state index in [0.717, 1.165) is 11.3 Å². The molecule has 0 amide bonds. The van der Waals surface area contributed by atoms with Crippen LogP contribution in [0.25, 0.3) is 6.08 Å². The summed E-state index contributed by atoms with van der Waals surface area (Å²) in [5, 5.41) is 0.